The summed E-state index contributed by atoms with van der Waals surface area (Å²) < 4.78 is 21.0. The fraction of sp³-hybridized carbons (Fsp3) is 0.0870. The first-order valence-corrected chi connectivity index (χ1v) is 12.0. The SMILES string of the molecule is [Al][O]C([O][Al])c1ccc(-c2cc(-c3ccncc3)c(-c3ccc(C([O][Al])[O][Al])cc3)nn2)cc1. The molecule has 0 atom stereocenters. The highest BCUT2D eigenvalue weighted by molar-refractivity contribution is 6.00. The molecule has 8 radical (unpaired) electrons. The summed E-state index contributed by atoms with van der Waals surface area (Å²) in [6.45, 7) is 0. The number of hydrogen-bond acceptors (Lipinski definition) is 7. The van der Waals surface area contributed by atoms with Crippen LogP contribution in [-0.4, -0.2) is 81.7 Å². The third kappa shape index (κ3) is 5.88. The standard InChI is InChI=1S/C23H15N3O4.4Al/c27-22(28)17-5-1-15(2-6-17)20-13-19(14-9-11-24-12-10-14)21(26-25-20)16-3-7-18(8-4-16)23(29)30;;;;/h1-13,22-23H;;;;/q-4;4*+1. The minimum Gasteiger partial charge on any atom is -0.494 e. The van der Waals surface area contributed by atoms with Gasteiger partial charge in [0, 0.05) is 40.2 Å². The molecule has 0 aliphatic heterocycles. The van der Waals surface area contributed by atoms with Gasteiger partial charge in [-0.25, -0.2) is 0 Å². The Bertz CT molecular complexity index is 1210. The minimum absolute atomic E-state index is 0.485. The summed E-state index contributed by atoms with van der Waals surface area (Å²) in [5, 5.41) is 9.13. The van der Waals surface area contributed by atoms with Crippen molar-refractivity contribution in [2.75, 3.05) is 0 Å². The molecule has 34 heavy (non-hydrogen) atoms. The summed E-state index contributed by atoms with van der Waals surface area (Å²) in [7, 11) is 0. The quantitative estimate of drug-likeness (QED) is 0.255. The normalized spacial score (nSPS) is 11.2. The van der Waals surface area contributed by atoms with E-state index in [2.05, 4.69) is 81.7 Å². The first kappa shape index (κ1) is 25.7. The molecule has 0 aliphatic carbocycles. The highest BCUT2D eigenvalue weighted by Gasteiger charge is 2.15. The van der Waals surface area contributed by atoms with Crippen LogP contribution in [0.5, 0.6) is 0 Å². The smallest absolute Gasteiger partial charge is 0.373 e. The highest BCUT2D eigenvalue weighted by Crippen LogP contribution is 2.33. The van der Waals surface area contributed by atoms with Crippen molar-refractivity contribution in [2.24, 2.45) is 0 Å². The van der Waals surface area contributed by atoms with E-state index in [0.29, 0.717) is 0 Å². The van der Waals surface area contributed by atoms with E-state index in [9.17, 15) is 0 Å². The Hall–Kier alpha value is -1.36. The highest BCUT2D eigenvalue weighted by atomic mass is 27.1. The van der Waals surface area contributed by atoms with E-state index in [1.165, 1.54) is 0 Å². The summed E-state index contributed by atoms with van der Waals surface area (Å²) >= 11 is 8.86. The van der Waals surface area contributed by atoms with Crippen molar-refractivity contribution in [2.45, 2.75) is 12.6 Å². The van der Waals surface area contributed by atoms with Crippen molar-refractivity contribution < 1.29 is 15.2 Å². The average molecular weight is 505 g/mol. The van der Waals surface area contributed by atoms with Crippen LogP contribution in [0.3, 0.4) is 0 Å². The van der Waals surface area contributed by atoms with Crippen molar-refractivity contribution in [1.29, 1.82) is 0 Å². The van der Waals surface area contributed by atoms with Crippen LogP contribution >= 0.6 is 0 Å². The lowest BCUT2D eigenvalue weighted by Gasteiger charge is -2.18. The molecular formula is C23H15Al4N3O4. The van der Waals surface area contributed by atoms with Crippen LogP contribution in [-0.2, 0) is 15.2 Å². The number of nitrogens with zero attached hydrogens (tertiary/aromatic N) is 3. The predicted molar refractivity (Wildman–Crippen MR) is 129 cm³/mol. The van der Waals surface area contributed by atoms with Crippen molar-refractivity contribution in [3.8, 4) is 33.6 Å². The second-order valence-electron chi connectivity index (χ2n) is 7.18. The van der Waals surface area contributed by atoms with Crippen LogP contribution in [0.2, 0.25) is 0 Å². The van der Waals surface area contributed by atoms with Gasteiger partial charge in [-0.1, -0.05) is 48.5 Å². The van der Waals surface area contributed by atoms with Gasteiger partial charge in [0.1, 0.15) is 18.3 Å². The Labute approximate surface area is 231 Å². The molecule has 0 amide bonds. The van der Waals surface area contributed by atoms with E-state index in [4.69, 9.17) is 15.2 Å². The molecule has 4 aromatic rings. The molecule has 4 rings (SSSR count). The molecule has 0 bridgehead atoms. The van der Waals surface area contributed by atoms with Gasteiger partial charge < -0.3 is 15.2 Å². The van der Waals surface area contributed by atoms with E-state index in [1.807, 2.05) is 66.7 Å². The van der Waals surface area contributed by atoms with Crippen LogP contribution < -0.4 is 0 Å². The lowest BCUT2D eigenvalue weighted by Crippen LogP contribution is -2.05. The predicted octanol–water partition coefficient (Wildman–Crippen LogP) is 3.27. The van der Waals surface area contributed by atoms with Crippen molar-refractivity contribution >= 4 is 66.5 Å². The van der Waals surface area contributed by atoms with Gasteiger partial charge in [0.05, 0.1) is 5.69 Å². The molecule has 158 valence electrons. The summed E-state index contributed by atoms with van der Waals surface area (Å²) in [6, 6.07) is 21.6. The zero-order valence-corrected chi connectivity index (χ0v) is 22.6. The number of pyridine rings is 1. The molecule has 0 fully saturated rings. The summed E-state index contributed by atoms with van der Waals surface area (Å²) in [5.41, 5.74) is 7.08. The number of benzene rings is 2. The fourth-order valence-corrected chi connectivity index (χ4v) is 4.63. The largest absolute Gasteiger partial charge is 0.494 e. The summed E-state index contributed by atoms with van der Waals surface area (Å²) in [4.78, 5) is 4.15. The van der Waals surface area contributed by atoms with Crippen LogP contribution in [0, 0.1) is 0 Å². The summed E-state index contributed by atoms with van der Waals surface area (Å²) in [5.74, 6) is 0. The maximum Gasteiger partial charge on any atom is 0.373 e. The molecule has 2 heterocycles. The van der Waals surface area contributed by atoms with Gasteiger partial charge in [-0.3, -0.25) is 4.98 Å². The Morgan fingerprint density at radius 3 is 1.56 bits per heavy atom. The molecule has 0 saturated carbocycles. The van der Waals surface area contributed by atoms with Gasteiger partial charge >= 0.3 is 66.5 Å². The number of aromatic nitrogens is 3. The molecule has 7 nitrogen and oxygen atoms in total. The van der Waals surface area contributed by atoms with E-state index >= 15 is 0 Å². The average Bonchev–Trinajstić information content (AvgIpc) is 2.91. The van der Waals surface area contributed by atoms with E-state index in [0.717, 1.165) is 44.8 Å². The Morgan fingerprint density at radius 1 is 0.559 bits per heavy atom. The van der Waals surface area contributed by atoms with Crippen LogP contribution in [0.1, 0.15) is 23.7 Å². The van der Waals surface area contributed by atoms with Crippen LogP contribution in [0.15, 0.2) is 79.1 Å². The van der Waals surface area contributed by atoms with E-state index in [-0.39, 0.29) is 0 Å². The van der Waals surface area contributed by atoms with E-state index < -0.39 is 12.6 Å². The van der Waals surface area contributed by atoms with Crippen molar-refractivity contribution in [3.63, 3.8) is 0 Å². The van der Waals surface area contributed by atoms with Crippen LogP contribution in [0.25, 0.3) is 33.6 Å². The molecule has 2 aromatic heterocycles. The molecule has 0 spiro atoms. The molecule has 0 aliphatic rings. The number of rotatable bonds is 9. The maximum atomic E-state index is 5.25. The lowest BCUT2D eigenvalue weighted by molar-refractivity contribution is 0.0178. The zero-order chi connectivity index (χ0) is 23.9. The van der Waals surface area contributed by atoms with E-state index in [1.54, 1.807) is 12.4 Å². The van der Waals surface area contributed by atoms with Gasteiger partial charge in [-0.05, 0) is 23.8 Å². The topological polar surface area (TPSA) is 75.6 Å². The molecule has 2 aromatic carbocycles. The lowest BCUT2D eigenvalue weighted by atomic mass is 9.98. The van der Waals surface area contributed by atoms with Crippen molar-refractivity contribution in [1.82, 2.24) is 15.2 Å². The second-order valence-corrected chi connectivity index (χ2v) is 8.27. The molecule has 0 saturated heterocycles. The number of hydrogen-bond donors (Lipinski definition) is 0. The third-order valence-electron chi connectivity index (χ3n) is 5.21. The Balaban J connectivity index is 1.74. The van der Waals surface area contributed by atoms with Gasteiger partial charge in [0.15, 0.2) is 0 Å². The Kier molecular flexibility index (Phi) is 9.50. The first-order valence-electron chi connectivity index (χ1n) is 10.1. The maximum absolute atomic E-state index is 5.25. The molecule has 0 unspecified atom stereocenters. The van der Waals surface area contributed by atoms with Crippen LogP contribution in [0.4, 0.5) is 0 Å². The third-order valence-corrected chi connectivity index (χ3v) is 6.20. The van der Waals surface area contributed by atoms with Gasteiger partial charge in [0.25, 0.3) is 0 Å². The van der Waals surface area contributed by atoms with Crippen molar-refractivity contribution in [3.05, 3.63) is 90.3 Å². The molecule has 11 heteroatoms. The minimum atomic E-state index is -0.492. The van der Waals surface area contributed by atoms with Gasteiger partial charge in [0.2, 0.25) is 0 Å². The second kappa shape index (κ2) is 12.6. The Morgan fingerprint density at radius 2 is 1.06 bits per heavy atom. The summed E-state index contributed by atoms with van der Waals surface area (Å²) in [6.07, 6.45) is 2.55. The monoisotopic (exact) mass is 505 g/mol. The first-order chi connectivity index (χ1) is 16.7. The molecule has 0 N–H and O–H groups in total. The molecular weight excluding hydrogens is 490 g/mol. The van der Waals surface area contributed by atoms with Gasteiger partial charge in [-0.15, -0.1) is 10.2 Å². The zero-order valence-electron chi connectivity index (χ0n) is 17.9. The fourth-order valence-electron chi connectivity index (χ4n) is 3.49. The van der Waals surface area contributed by atoms with Gasteiger partial charge in [-0.2, -0.15) is 0 Å².